The number of benzene rings is 2. The molecule has 27 heavy (non-hydrogen) atoms. The number of hydrogen-bond donors (Lipinski definition) is 2. The molecule has 0 spiro atoms. The number of H-pyrrole nitrogens is 1. The summed E-state index contributed by atoms with van der Waals surface area (Å²) >= 11 is 1.38. The van der Waals surface area contributed by atoms with Crippen LogP contribution in [0.5, 0.6) is 5.75 Å². The maximum absolute atomic E-state index is 11.9. The van der Waals surface area contributed by atoms with Crippen LogP contribution < -0.4 is 10.2 Å². The fourth-order valence-electron chi connectivity index (χ4n) is 2.69. The van der Waals surface area contributed by atoms with E-state index in [0.717, 1.165) is 27.8 Å². The number of amides is 1. The lowest BCUT2D eigenvalue weighted by atomic mass is 10.2. The predicted molar refractivity (Wildman–Crippen MR) is 108 cm³/mol. The van der Waals surface area contributed by atoms with E-state index in [9.17, 15) is 4.79 Å². The molecule has 0 aliphatic heterocycles. The average molecular weight is 375 g/mol. The number of aromatic nitrogens is 1. The zero-order valence-corrected chi connectivity index (χ0v) is 15.2. The Bertz CT molecular complexity index is 1070. The molecule has 4 aromatic rings. The van der Waals surface area contributed by atoms with Crippen LogP contribution in [0.2, 0.25) is 0 Å². The number of nitrogens with zero attached hydrogens (tertiary/aromatic N) is 1. The summed E-state index contributed by atoms with van der Waals surface area (Å²) in [5, 5.41) is 6.92. The van der Waals surface area contributed by atoms with Crippen molar-refractivity contribution in [1.29, 1.82) is 0 Å². The molecule has 6 heteroatoms. The van der Waals surface area contributed by atoms with E-state index in [1.165, 1.54) is 11.3 Å². The molecule has 0 aliphatic carbocycles. The third-order valence-electron chi connectivity index (χ3n) is 4.05. The SMILES string of the molecule is O=C(NN=Cc1c[nH]c2cc(OCc3ccccc3)ccc12)c1cccs1. The van der Waals surface area contributed by atoms with Gasteiger partial charge in [0, 0.05) is 28.7 Å². The molecule has 0 fully saturated rings. The van der Waals surface area contributed by atoms with E-state index in [2.05, 4.69) is 15.5 Å². The largest absolute Gasteiger partial charge is 0.489 e. The van der Waals surface area contributed by atoms with Crippen LogP contribution in [-0.2, 0) is 6.61 Å². The van der Waals surface area contributed by atoms with Crippen LogP contribution in [0.4, 0.5) is 0 Å². The second kappa shape index (κ2) is 7.88. The number of carbonyl (C=O) groups excluding carboxylic acids is 1. The van der Waals surface area contributed by atoms with Gasteiger partial charge < -0.3 is 9.72 Å². The second-order valence-electron chi connectivity index (χ2n) is 5.90. The van der Waals surface area contributed by atoms with Crippen LogP contribution >= 0.6 is 11.3 Å². The maximum Gasteiger partial charge on any atom is 0.281 e. The lowest BCUT2D eigenvalue weighted by Gasteiger charge is -2.06. The molecule has 0 radical (unpaired) electrons. The van der Waals surface area contributed by atoms with Crippen LogP contribution in [-0.4, -0.2) is 17.1 Å². The fraction of sp³-hybridized carbons (Fsp3) is 0.0476. The van der Waals surface area contributed by atoms with Crippen molar-refractivity contribution in [2.75, 3.05) is 0 Å². The molecule has 0 bridgehead atoms. The van der Waals surface area contributed by atoms with E-state index in [0.29, 0.717) is 11.5 Å². The molecule has 134 valence electrons. The van der Waals surface area contributed by atoms with Crippen molar-refractivity contribution < 1.29 is 9.53 Å². The minimum absolute atomic E-state index is 0.210. The van der Waals surface area contributed by atoms with Gasteiger partial charge in [0.1, 0.15) is 12.4 Å². The first-order valence-electron chi connectivity index (χ1n) is 8.44. The Morgan fingerprint density at radius 2 is 2.04 bits per heavy atom. The molecule has 1 amide bonds. The number of hydrogen-bond acceptors (Lipinski definition) is 4. The summed E-state index contributed by atoms with van der Waals surface area (Å²) in [5.41, 5.74) is 5.51. The van der Waals surface area contributed by atoms with E-state index in [1.807, 2.05) is 66.2 Å². The second-order valence-corrected chi connectivity index (χ2v) is 6.85. The Labute approximate surface area is 160 Å². The highest BCUT2D eigenvalue weighted by molar-refractivity contribution is 7.12. The lowest BCUT2D eigenvalue weighted by Crippen LogP contribution is -2.15. The van der Waals surface area contributed by atoms with Crippen molar-refractivity contribution in [2.24, 2.45) is 5.10 Å². The predicted octanol–water partition coefficient (Wildman–Crippen LogP) is 4.57. The van der Waals surface area contributed by atoms with Gasteiger partial charge in [0.2, 0.25) is 0 Å². The van der Waals surface area contributed by atoms with Crippen molar-refractivity contribution in [2.45, 2.75) is 6.61 Å². The van der Waals surface area contributed by atoms with Crippen LogP contribution in [0, 0.1) is 0 Å². The standard InChI is InChI=1S/C21H17N3O2S/c25-21(20-7-4-10-27-20)24-23-13-16-12-22-19-11-17(8-9-18(16)19)26-14-15-5-2-1-3-6-15/h1-13,22H,14H2,(H,24,25). The third-order valence-corrected chi connectivity index (χ3v) is 4.92. The minimum atomic E-state index is -0.210. The van der Waals surface area contributed by atoms with Gasteiger partial charge in [-0.2, -0.15) is 5.10 Å². The first-order valence-corrected chi connectivity index (χ1v) is 9.32. The molecule has 2 aromatic heterocycles. The molecule has 0 saturated carbocycles. The topological polar surface area (TPSA) is 66.5 Å². The summed E-state index contributed by atoms with van der Waals surface area (Å²) in [7, 11) is 0. The highest BCUT2D eigenvalue weighted by Gasteiger charge is 2.06. The van der Waals surface area contributed by atoms with Crippen molar-refractivity contribution in [3.8, 4) is 5.75 Å². The molecule has 0 unspecified atom stereocenters. The van der Waals surface area contributed by atoms with Crippen molar-refractivity contribution >= 4 is 34.4 Å². The molecule has 2 aromatic carbocycles. The molecule has 2 N–H and O–H groups in total. The van der Waals surface area contributed by atoms with E-state index < -0.39 is 0 Å². The molecular formula is C21H17N3O2S. The fourth-order valence-corrected chi connectivity index (χ4v) is 3.30. The van der Waals surface area contributed by atoms with Crippen LogP contribution in [0.1, 0.15) is 20.8 Å². The summed E-state index contributed by atoms with van der Waals surface area (Å²) in [6.07, 6.45) is 3.49. The smallest absolute Gasteiger partial charge is 0.281 e. The molecule has 0 atom stereocenters. The Morgan fingerprint density at radius 1 is 1.15 bits per heavy atom. The number of fused-ring (bicyclic) bond motifs is 1. The quantitative estimate of drug-likeness (QED) is 0.383. The number of nitrogens with one attached hydrogen (secondary N) is 2. The molecular weight excluding hydrogens is 358 g/mol. The van der Waals surface area contributed by atoms with Crippen molar-refractivity contribution in [1.82, 2.24) is 10.4 Å². The number of ether oxygens (including phenoxy) is 1. The van der Waals surface area contributed by atoms with E-state index in [1.54, 1.807) is 12.3 Å². The van der Waals surface area contributed by atoms with Gasteiger partial charge in [0.05, 0.1) is 11.1 Å². The van der Waals surface area contributed by atoms with Gasteiger partial charge in [-0.25, -0.2) is 5.43 Å². The average Bonchev–Trinajstić information content (AvgIpc) is 3.37. The minimum Gasteiger partial charge on any atom is -0.489 e. The number of hydrazone groups is 1. The monoisotopic (exact) mass is 375 g/mol. The highest BCUT2D eigenvalue weighted by atomic mass is 32.1. The Hall–Kier alpha value is -3.38. The summed E-state index contributed by atoms with van der Waals surface area (Å²) in [4.78, 5) is 15.7. The molecule has 0 saturated heterocycles. The lowest BCUT2D eigenvalue weighted by molar-refractivity contribution is 0.0959. The zero-order valence-electron chi connectivity index (χ0n) is 14.4. The van der Waals surface area contributed by atoms with Gasteiger partial charge in [0.25, 0.3) is 5.91 Å². The Kier molecular flexibility index (Phi) is 4.98. The van der Waals surface area contributed by atoms with E-state index in [4.69, 9.17) is 4.74 Å². The summed E-state index contributed by atoms with van der Waals surface area (Å²) in [6, 6.07) is 19.5. The Morgan fingerprint density at radius 3 is 2.85 bits per heavy atom. The van der Waals surface area contributed by atoms with Gasteiger partial charge in [-0.3, -0.25) is 4.79 Å². The van der Waals surface area contributed by atoms with Gasteiger partial charge >= 0.3 is 0 Å². The van der Waals surface area contributed by atoms with Crippen molar-refractivity contribution in [3.05, 3.63) is 88.2 Å². The first kappa shape index (κ1) is 17.1. The number of rotatable bonds is 6. The Balaban J connectivity index is 1.42. The van der Waals surface area contributed by atoms with E-state index >= 15 is 0 Å². The van der Waals surface area contributed by atoms with Gasteiger partial charge in [-0.15, -0.1) is 11.3 Å². The van der Waals surface area contributed by atoms with E-state index in [-0.39, 0.29) is 5.91 Å². The number of thiophene rings is 1. The third kappa shape index (κ3) is 4.07. The van der Waals surface area contributed by atoms with Gasteiger partial charge in [-0.05, 0) is 29.1 Å². The zero-order chi connectivity index (χ0) is 18.5. The number of carbonyl (C=O) groups is 1. The molecule has 4 rings (SSSR count). The first-order chi connectivity index (χ1) is 13.3. The number of aromatic amines is 1. The van der Waals surface area contributed by atoms with Crippen LogP contribution in [0.25, 0.3) is 10.9 Å². The summed E-state index contributed by atoms with van der Waals surface area (Å²) in [5.74, 6) is 0.584. The highest BCUT2D eigenvalue weighted by Crippen LogP contribution is 2.23. The van der Waals surface area contributed by atoms with Crippen LogP contribution in [0.15, 0.2) is 77.3 Å². The van der Waals surface area contributed by atoms with Gasteiger partial charge in [-0.1, -0.05) is 36.4 Å². The van der Waals surface area contributed by atoms with Crippen molar-refractivity contribution in [3.63, 3.8) is 0 Å². The molecule has 5 nitrogen and oxygen atoms in total. The normalized spacial score (nSPS) is 11.1. The maximum atomic E-state index is 11.9. The van der Waals surface area contributed by atoms with Gasteiger partial charge in [0.15, 0.2) is 0 Å². The molecule has 2 heterocycles. The van der Waals surface area contributed by atoms with Crippen LogP contribution in [0.3, 0.4) is 0 Å². The summed E-state index contributed by atoms with van der Waals surface area (Å²) in [6.45, 7) is 0.524. The molecule has 0 aliphatic rings. The summed E-state index contributed by atoms with van der Waals surface area (Å²) < 4.78 is 5.85.